The van der Waals surface area contributed by atoms with E-state index in [4.69, 9.17) is 4.74 Å². The summed E-state index contributed by atoms with van der Waals surface area (Å²) in [5.41, 5.74) is 1.19. The van der Waals surface area contributed by atoms with Crippen LogP contribution < -0.4 is 0 Å². The highest BCUT2D eigenvalue weighted by Crippen LogP contribution is 2.08. The summed E-state index contributed by atoms with van der Waals surface area (Å²) in [5, 5.41) is 0. The molecular formula is C18H28O. The predicted molar refractivity (Wildman–Crippen MR) is 84.0 cm³/mol. The Kier molecular flexibility index (Phi) is 9.85. The van der Waals surface area contributed by atoms with E-state index in [0.29, 0.717) is 0 Å². The van der Waals surface area contributed by atoms with Crippen LogP contribution in [0.1, 0.15) is 63.9 Å². The Hall–Kier alpha value is -1.24. The molecule has 0 bridgehead atoms. The quantitative estimate of drug-likeness (QED) is 0.360. The van der Waals surface area contributed by atoms with Crippen LogP contribution in [0.25, 0.3) is 6.08 Å². The number of hydrogen-bond donors (Lipinski definition) is 0. The molecule has 0 radical (unpaired) electrons. The standard InChI is InChI=1S/C18H28O/c1-2-3-4-5-6-7-8-12-16-19-17-15-18-13-10-9-11-14-18/h9-11,13-15,17H,2-8,12,16H2,1H3. The molecule has 106 valence electrons. The Morgan fingerprint density at radius 1 is 0.842 bits per heavy atom. The molecule has 0 atom stereocenters. The second kappa shape index (κ2) is 11.8. The van der Waals surface area contributed by atoms with Crippen molar-refractivity contribution in [1.29, 1.82) is 0 Å². The third-order valence-corrected chi connectivity index (χ3v) is 3.27. The van der Waals surface area contributed by atoms with Crippen molar-refractivity contribution < 1.29 is 4.74 Å². The summed E-state index contributed by atoms with van der Waals surface area (Å²) < 4.78 is 5.50. The zero-order valence-corrected chi connectivity index (χ0v) is 12.3. The molecular weight excluding hydrogens is 232 g/mol. The molecule has 19 heavy (non-hydrogen) atoms. The second-order valence-corrected chi connectivity index (χ2v) is 5.06. The van der Waals surface area contributed by atoms with Crippen LogP contribution in [0.4, 0.5) is 0 Å². The second-order valence-electron chi connectivity index (χ2n) is 5.06. The molecule has 0 heterocycles. The van der Waals surface area contributed by atoms with E-state index in [2.05, 4.69) is 19.1 Å². The fourth-order valence-corrected chi connectivity index (χ4v) is 2.08. The SMILES string of the molecule is CCCCCCCCCCOC=Cc1ccccc1. The van der Waals surface area contributed by atoms with Crippen molar-refractivity contribution in [3.8, 4) is 0 Å². The van der Waals surface area contributed by atoms with Crippen molar-refractivity contribution in [2.24, 2.45) is 0 Å². The highest BCUT2D eigenvalue weighted by atomic mass is 16.5. The fourth-order valence-electron chi connectivity index (χ4n) is 2.08. The van der Waals surface area contributed by atoms with E-state index in [1.165, 1.54) is 56.9 Å². The van der Waals surface area contributed by atoms with Crippen LogP contribution in [-0.4, -0.2) is 6.61 Å². The van der Waals surface area contributed by atoms with Crippen LogP contribution in [0.2, 0.25) is 0 Å². The minimum Gasteiger partial charge on any atom is -0.501 e. The van der Waals surface area contributed by atoms with Crippen LogP contribution in [0.5, 0.6) is 0 Å². The van der Waals surface area contributed by atoms with Crippen molar-refractivity contribution >= 4 is 6.08 Å². The summed E-state index contributed by atoms with van der Waals surface area (Å²) in [5.74, 6) is 0. The molecule has 0 aliphatic carbocycles. The van der Waals surface area contributed by atoms with Crippen molar-refractivity contribution in [2.45, 2.75) is 58.3 Å². The van der Waals surface area contributed by atoms with E-state index in [1.54, 1.807) is 0 Å². The number of unbranched alkanes of at least 4 members (excludes halogenated alkanes) is 7. The lowest BCUT2D eigenvalue weighted by Gasteiger charge is -2.02. The average Bonchev–Trinajstić information content (AvgIpc) is 2.46. The first kappa shape index (κ1) is 15.8. The number of hydrogen-bond acceptors (Lipinski definition) is 1. The third-order valence-electron chi connectivity index (χ3n) is 3.27. The number of rotatable bonds is 11. The van der Waals surface area contributed by atoms with Gasteiger partial charge in [0.2, 0.25) is 0 Å². The van der Waals surface area contributed by atoms with Crippen LogP contribution in [0, 0.1) is 0 Å². The van der Waals surface area contributed by atoms with Gasteiger partial charge < -0.3 is 4.74 Å². The van der Waals surface area contributed by atoms with Gasteiger partial charge in [0, 0.05) is 0 Å². The predicted octanol–water partition coefficient (Wildman–Crippen LogP) is 5.81. The molecule has 1 nitrogen and oxygen atoms in total. The molecule has 1 aromatic rings. The maximum atomic E-state index is 5.50. The largest absolute Gasteiger partial charge is 0.501 e. The lowest BCUT2D eigenvalue weighted by molar-refractivity contribution is 0.243. The van der Waals surface area contributed by atoms with Crippen LogP contribution >= 0.6 is 0 Å². The highest BCUT2D eigenvalue weighted by molar-refractivity contribution is 5.47. The molecule has 0 N–H and O–H groups in total. The van der Waals surface area contributed by atoms with Gasteiger partial charge in [0.25, 0.3) is 0 Å². The first-order chi connectivity index (χ1) is 9.43. The minimum absolute atomic E-state index is 0.846. The van der Waals surface area contributed by atoms with Crippen molar-refractivity contribution in [3.05, 3.63) is 42.2 Å². The molecule has 0 saturated heterocycles. The van der Waals surface area contributed by atoms with Crippen molar-refractivity contribution in [2.75, 3.05) is 6.61 Å². The molecule has 1 aromatic carbocycles. The van der Waals surface area contributed by atoms with Gasteiger partial charge in [-0.2, -0.15) is 0 Å². The maximum Gasteiger partial charge on any atom is 0.0873 e. The van der Waals surface area contributed by atoms with E-state index in [0.717, 1.165) is 6.61 Å². The van der Waals surface area contributed by atoms with Gasteiger partial charge in [-0.3, -0.25) is 0 Å². The topological polar surface area (TPSA) is 9.23 Å². The van der Waals surface area contributed by atoms with Gasteiger partial charge in [-0.1, -0.05) is 82.2 Å². The van der Waals surface area contributed by atoms with Gasteiger partial charge in [-0.15, -0.1) is 0 Å². The first-order valence-electron chi connectivity index (χ1n) is 7.76. The molecule has 0 fully saturated rings. The van der Waals surface area contributed by atoms with Crippen molar-refractivity contribution in [1.82, 2.24) is 0 Å². The minimum atomic E-state index is 0.846. The Balaban J connectivity index is 1.87. The zero-order valence-electron chi connectivity index (χ0n) is 12.3. The smallest absolute Gasteiger partial charge is 0.0873 e. The first-order valence-corrected chi connectivity index (χ1v) is 7.76. The van der Waals surface area contributed by atoms with E-state index < -0.39 is 0 Å². The van der Waals surface area contributed by atoms with Gasteiger partial charge >= 0.3 is 0 Å². The maximum absolute atomic E-state index is 5.50. The van der Waals surface area contributed by atoms with Gasteiger partial charge in [0.05, 0.1) is 12.9 Å². The molecule has 0 aromatic heterocycles. The van der Waals surface area contributed by atoms with Gasteiger partial charge in [0.15, 0.2) is 0 Å². The molecule has 0 spiro atoms. The Labute approximate surface area is 118 Å². The van der Waals surface area contributed by atoms with Crippen LogP contribution in [0.15, 0.2) is 36.6 Å². The van der Waals surface area contributed by atoms with E-state index in [9.17, 15) is 0 Å². The van der Waals surface area contributed by atoms with Crippen molar-refractivity contribution in [3.63, 3.8) is 0 Å². The summed E-state index contributed by atoms with van der Waals surface area (Å²) in [4.78, 5) is 0. The summed E-state index contributed by atoms with van der Waals surface area (Å²) in [6.45, 7) is 3.11. The molecule has 0 aliphatic rings. The Bertz CT molecular complexity index is 316. The monoisotopic (exact) mass is 260 g/mol. The van der Waals surface area contributed by atoms with E-state index >= 15 is 0 Å². The fraction of sp³-hybridized carbons (Fsp3) is 0.556. The Morgan fingerprint density at radius 3 is 2.16 bits per heavy atom. The molecule has 1 rings (SSSR count). The highest BCUT2D eigenvalue weighted by Gasteiger charge is 1.91. The molecule has 0 unspecified atom stereocenters. The van der Waals surface area contributed by atoms with Gasteiger partial charge in [0.1, 0.15) is 0 Å². The Morgan fingerprint density at radius 2 is 1.47 bits per heavy atom. The lowest BCUT2D eigenvalue weighted by atomic mass is 10.1. The summed E-state index contributed by atoms with van der Waals surface area (Å²) in [6.07, 6.45) is 14.6. The van der Waals surface area contributed by atoms with Gasteiger partial charge in [-0.05, 0) is 18.1 Å². The third kappa shape index (κ3) is 9.35. The summed E-state index contributed by atoms with van der Waals surface area (Å²) in [6, 6.07) is 10.3. The van der Waals surface area contributed by atoms with E-state index in [-0.39, 0.29) is 0 Å². The van der Waals surface area contributed by atoms with Gasteiger partial charge in [-0.25, -0.2) is 0 Å². The average molecular weight is 260 g/mol. The van der Waals surface area contributed by atoms with Crippen LogP contribution in [0.3, 0.4) is 0 Å². The molecule has 0 amide bonds. The van der Waals surface area contributed by atoms with Crippen LogP contribution in [-0.2, 0) is 4.74 Å². The number of benzene rings is 1. The normalized spacial score (nSPS) is 11.0. The summed E-state index contributed by atoms with van der Waals surface area (Å²) in [7, 11) is 0. The summed E-state index contributed by atoms with van der Waals surface area (Å²) >= 11 is 0. The number of ether oxygens (including phenoxy) is 1. The molecule has 0 saturated carbocycles. The zero-order chi connectivity index (χ0) is 13.6. The lowest BCUT2D eigenvalue weighted by Crippen LogP contribution is -1.88. The molecule has 1 heteroatoms. The molecule has 0 aliphatic heterocycles. The van der Waals surface area contributed by atoms with E-state index in [1.807, 2.05) is 30.5 Å².